The van der Waals surface area contributed by atoms with Crippen molar-refractivity contribution in [1.82, 2.24) is 9.97 Å². The van der Waals surface area contributed by atoms with Crippen LogP contribution in [0.3, 0.4) is 0 Å². The number of para-hydroxylation sites is 2. The van der Waals surface area contributed by atoms with Gasteiger partial charge in [0, 0.05) is 11.3 Å². The molecule has 0 fully saturated rings. The van der Waals surface area contributed by atoms with Crippen LogP contribution in [0.5, 0.6) is 0 Å². The quantitative estimate of drug-likeness (QED) is 0.508. The molecule has 3 nitrogen and oxygen atoms in total. The Morgan fingerprint density at radius 3 is 2.35 bits per heavy atom. The highest BCUT2D eigenvalue weighted by Gasteiger charge is 2.09. The van der Waals surface area contributed by atoms with Crippen molar-refractivity contribution in [3.05, 3.63) is 60.7 Å². The first-order valence-electron chi connectivity index (χ1n) is 6.55. The lowest BCUT2D eigenvalue weighted by atomic mass is 10.0. The predicted octanol–water partition coefficient (Wildman–Crippen LogP) is 3.97. The number of H-pyrrole nitrogens is 1. The number of nitrogen functional groups attached to an aromatic ring is 1. The third-order valence-corrected chi connectivity index (χ3v) is 3.56. The second kappa shape index (κ2) is 4.10. The Bertz CT molecular complexity index is 889. The van der Waals surface area contributed by atoms with Gasteiger partial charge in [-0.2, -0.15) is 0 Å². The summed E-state index contributed by atoms with van der Waals surface area (Å²) in [4.78, 5) is 7.94. The fraction of sp³-hybridized carbons (Fsp3) is 0. The molecule has 3 heteroatoms. The Balaban J connectivity index is 1.98. The Hall–Kier alpha value is -2.81. The summed E-state index contributed by atoms with van der Waals surface area (Å²) in [6.07, 6.45) is 0. The van der Waals surface area contributed by atoms with Crippen molar-refractivity contribution in [3.63, 3.8) is 0 Å². The Morgan fingerprint density at radius 1 is 0.850 bits per heavy atom. The molecule has 0 saturated heterocycles. The number of nitrogens with zero attached hydrogens (tertiary/aromatic N) is 1. The van der Waals surface area contributed by atoms with Crippen LogP contribution in [0.15, 0.2) is 60.7 Å². The van der Waals surface area contributed by atoms with Crippen LogP contribution in [0.1, 0.15) is 0 Å². The van der Waals surface area contributed by atoms with Crippen molar-refractivity contribution >= 4 is 27.5 Å². The zero-order valence-corrected chi connectivity index (χ0v) is 10.8. The van der Waals surface area contributed by atoms with Crippen molar-refractivity contribution in [2.24, 2.45) is 0 Å². The largest absolute Gasteiger partial charge is 0.398 e. The van der Waals surface area contributed by atoms with Crippen molar-refractivity contribution < 1.29 is 0 Å². The number of imidazole rings is 1. The number of aromatic nitrogens is 2. The van der Waals surface area contributed by atoms with E-state index in [0.717, 1.165) is 38.9 Å². The third kappa shape index (κ3) is 1.64. The summed E-state index contributed by atoms with van der Waals surface area (Å²) in [6, 6.07) is 20.3. The first-order valence-corrected chi connectivity index (χ1v) is 6.55. The highest BCUT2D eigenvalue weighted by Crippen LogP contribution is 2.30. The Morgan fingerprint density at radius 2 is 1.55 bits per heavy atom. The minimum absolute atomic E-state index is 0.739. The van der Waals surface area contributed by atoms with Crippen molar-refractivity contribution in [1.29, 1.82) is 0 Å². The second-order valence-electron chi connectivity index (χ2n) is 4.89. The number of hydrogen-bond acceptors (Lipinski definition) is 2. The lowest BCUT2D eigenvalue weighted by Crippen LogP contribution is -1.91. The summed E-state index contributed by atoms with van der Waals surface area (Å²) >= 11 is 0. The van der Waals surface area contributed by atoms with Crippen molar-refractivity contribution in [2.45, 2.75) is 0 Å². The standard InChI is InChI=1S/C17H13N3/c18-14-10-12-6-2-1-5-11(12)9-13(14)17-19-15-7-3-4-8-16(15)20-17/h1-10H,18H2,(H,19,20). The molecule has 4 aromatic rings. The van der Waals surface area contributed by atoms with Gasteiger partial charge in [0.2, 0.25) is 0 Å². The average molecular weight is 259 g/mol. The van der Waals surface area contributed by atoms with Crippen LogP contribution < -0.4 is 5.73 Å². The van der Waals surface area contributed by atoms with Crippen LogP contribution in [0.2, 0.25) is 0 Å². The second-order valence-corrected chi connectivity index (χ2v) is 4.89. The fourth-order valence-electron chi connectivity index (χ4n) is 2.54. The molecule has 1 aromatic heterocycles. The van der Waals surface area contributed by atoms with Crippen LogP contribution in [-0.2, 0) is 0 Å². The molecule has 0 bridgehead atoms. The molecule has 0 radical (unpaired) electrons. The first-order chi connectivity index (χ1) is 9.81. The van der Waals surface area contributed by atoms with Gasteiger partial charge in [-0.3, -0.25) is 0 Å². The van der Waals surface area contributed by atoms with Gasteiger partial charge >= 0.3 is 0 Å². The van der Waals surface area contributed by atoms with Crippen molar-refractivity contribution in [2.75, 3.05) is 5.73 Å². The molecule has 0 unspecified atom stereocenters. The highest BCUT2D eigenvalue weighted by atomic mass is 14.9. The molecule has 0 saturated carbocycles. The first kappa shape index (κ1) is 11.1. The number of fused-ring (bicyclic) bond motifs is 2. The smallest absolute Gasteiger partial charge is 0.140 e. The minimum Gasteiger partial charge on any atom is -0.398 e. The molecule has 0 aliphatic heterocycles. The van der Waals surface area contributed by atoms with Gasteiger partial charge in [0.05, 0.1) is 11.0 Å². The van der Waals surface area contributed by atoms with E-state index in [1.54, 1.807) is 0 Å². The minimum atomic E-state index is 0.739. The van der Waals surface area contributed by atoms with Crippen LogP contribution in [-0.4, -0.2) is 9.97 Å². The zero-order valence-electron chi connectivity index (χ0n) is 10.8. The fourth-order valence-corrected chi connectivity index (χ4v) is 2.54. The summed E-state index contributed by atoms with van der Waals surface area (Å²) in [5, 5.41) is 2.31. The molecule has 3 aromatic carbocycles. The monoisotopic (exact) mass is 259 g/mol. The SMILES string of the molecule is Nc1cc2ccccc2cc1-c1nc2ccccc2[nH]1. The van der Waals surface area contributed by atoms with Gasteiger partial charge in [-0.05, 0) is 35.0 Å². The number of nitrogens with one attached hydrogen (secondary N) is 1. The molecule has 0 aliphatic rings. The van der Waals surface area contributed by atoms with E-state index in [2.05, 4.69) is 28.2 Å². The van der Waals surface area contributed by atoms with Crippen LogP contribution in [0.4, 0.5) is 5.69 Å². The Labute approximate surface area is 116 Å². The predicted molar refractivity (Wildman–Crippen MR) is 83.4 cm³/mol. The Kier molecular flexibility index (Phi) is 2.27. The summed E-state index contributed by atoms with van der Waals surface area (Å²) in [5.41, 5.74) is 9.84. The maximum Gasteiger partial charge on any atom is 0.140 e. The maximum absolute atomic E-state index is 6.18. The van der Waals surface area contributed by atoms with E-state index >= 15 is 0 Å². The number of benzene rings is 3. The lowest BCUT2D eigenvalue weighted by molar-refractivity contribution is 1.34. The van der Waals surface area contributed by atoms with E-state index in [4.69, 9.17) is 5.73 Å². The molecule has 0 spiro atoms. The molecule has 96 valence electrons. The highest BCUT2D eigenvalue weighted by molar-refractivity contribution is 5.93. The van der Waals surface area contributed by atoms with E-state index in [0.29, 0.717) is 0 Å². The van der Waals surface area contributed by atoms with E-state index in [1.165, 1.54) is 0 Å². The molecular formula is C17H13N3. The zero-order chi connectivity index (χ0) is 13.5. The van der Waals surface area contributed by atoms with Gasteiger partial charge in [0.25, 0.3) is 0 Å². The van der Waals surface area contributed by atoms with Gasteiger partial charge in [-0.1, -0.05) is 36.4 Å². The third-order valence-electron chi connectivity index (χ3n) is 3.56. The van der Waals surface area contributed by atoms with Gasteiger partial charge in [0.1, 0.15) is 5.82 Å². The van der Waals surface area contributed by atoms with Crippen LogP contribution in [0.25, 0.3) is 33.2 Å². The van der Waals surface area contributed by atoms with Gasteiger partial charge in [-0.15, -0.1) is 0 Å². The number of rotatable bonds is 1. The molecular weight excluding hydrogens is 246 g/mol. The van der Waals surface area contributed by atoms with Crippen LogP contribution in [0, 0.1) is 0 Å². The van der Waals surface area contributed by atoms with Crippen LogP contribution >= 0.6 is 0 Å². The summed E-state index contributed by atoms with van der Waals surface area (Å²) in [7, 11) is 0. The van der Waals surface area contributed by atoms with Gasteiger partial charge in [-0.25, -0.2) is 4.98 Å². The van der Waals surface area contributed by atoms with E-state index in [-0.39, 0.29) is 0 Å². The normalized spacial score (nSPS) is 11.2. The molecule has 20 heavy (non-hydrogen) atoms. The molecule has 3 N–H and O–H groups in total. The molecule has 0 aliphatic carbocycles. The maximum atomic E-state index is 6.18. The van der Waals surface area contributed by atoms with E-state index in [9.17, 15) is 0 Å². The molecule has 0 atom stereocenters. The summed E-state index contributed by atoms with van der Waals surface area (Å²) in [5.74, 6) is 0.814. The number of nitrogens with two attached hydrogens (primary N) is 1. The van der Waals surface area contributed by atoms with E-state index in [1.807, 2.05) is 42.5 Å². The average Bonchev–Trinajstić information content (AvgIpc) is 2.90. The summed E-state index contributed by atoms with van der Waals surface area (Å²) < 4.78 is 0. The number of aromatic amines is 1. The van der Waals surface area contributed by atoms with Gasteiger partial charge < -0.3 is 10.7 Å². The molecule has 4 rings (SSSR count). The lowest BCUT2D eigenvalue weighted by Gasteiger charge is -2.05. The summed E-state index contributed by atoms with van der Waals surface area (Å²) in [6.45, 7) is 0. The molecule has 0 amide bonds. The van der Waals surface area contributed by atoms with E-state index < -0.39 is 0 Å². The number of anilines is 1. The number of hydrogen-bond donors (Lipinski definition) is 2. The molecule has 1 heterocycles. The van der Waals surface area contributed by atoms with Crippen molar-refractivity contribution in [3.8, 4) is 11.4 Å². The topological polar surface area (TPSA) is 54.7 Å². The van der Waals surface area contributed by atoms with Gasteiger partial charge in [0.15, 0.2) is 0 Å².